The SMILES string of the molecule is COc1cc(Br)c2c(c1OCc1ccccc1)CC(C(=O)O)NC2.Cl. The number of nitrogens with one attached hydrogen (secondary N) is 1. The van der Waals surface area contributed by atoms with E-state index >= 15 is 0 Å². The average molecular weight is 429 g/mol. The van der Waals surface area contributed by atoms with Crippen molar-refractivity contribution in [1.29, 1.82) is 0 Å². The maximum Gasteiger partial charge on any atom is 0.321 e. The van der Waals surface area contributed by atoms with Crippen molar-refractivity contribution in [3.63, 3.8) is 0 Å². The van der Waals surface area contributed by atoms with Crippen molar-refractivity contribution < 1.29 is 19.4 Å². The van der Waals surface area contributed by atoms with E-state index in [1.165, 1.54) is 0 Å². The van der Waals surface area contributed by atoms with Crippen molar-refractivity contribution in [3.8, 4) is 11.5 Å². The number of hydrogen-bond acceptors (Lipinski definition) is 4. The maximum absolute atomic E-state index is 11.3. The number of ether oxygens (including phenoxy) is 2. The third kappa shape index (κ3) is 4.26. The molecule has 5 nitrogen and oxygen atoms in total. The molecule has 1 aliphatic heterocycles. The van der Waals surface area contributed by atoms with Gasteiger partial charge in [0.05, 0.1) is 7.11 Å². The molecule has 1 aliphatic rings. The first kappa shape index (κ1) is 19.6. The minimum absolute atomic E-state index is 0. The summed E-state index contributed by atoms with van der Waals surface area (Å²) in [6.45, 7) is 0.870. The molecular formula is C18H19BrClNO4. The summed E-state index contributed by atoms with van der Waals surface area (Å²) in [5.74, 6) is 0.350. The van der Waals surface area contributed by atoms with Gasteiger partial charge in [-0.25, -0.2) is 0 Å². The Morgan fingerprint density at radius 3 is 2.68 bits per heavy atom. The lowest BCUT2D eigenvalue weighted by molar-refractivity contribution is -0.139. The van der Waals surface area contributed by atoms with Gasteiger partial charge >= 0.3 is 5.97 Å². The van der Waals surface area contributed by atoms with E-state index in [2.05, 4.69) is 21.2 Å². The summed E-state index contributed by atoms with van der Waals surface area (Å²) in [5.41, 5.74) is 2.93. The molecule has 0 radical (unpaired) electrons. The third-order valence-electron chi connectivity index (χ3n) is 4.09. The molecule has 3 rings (SSSR count). The molecule has 0 bridgehead atoms. The third-order valence-corrected chi connectivity index (χ3v) is 4.79. The maximum atomic E-state index is 11.3. The number of benzene rings is 2. The van der Waals surface area contributed by atoms with E-state index < -0.39 is 12.0 Å². The van der Waals surface area contributed by atoms with Crippen LogP contribution in [0.1, 0.15) is 16.7 Å². The van der Waals surface area contributed by atoms with Gasteiger partial charge in [0.2, 0.25) is 0 Å². The number of carboxylic acids is 1. The first-order valence-electron chi connectivity index (χ1n) is 7.61. The van der Waals surface area contributed by atoms with Crippen molar-refractivity contribution >= 4 is 34.3 Å². The van der Waals surface area contributed by atoms with E-state index in [1.807, 2.05) is 36.4 Å². The highest BCUT2D eigenvalue weighted by molar-refractivity contribution is 9.10. The predicted molar refractivity (Wildman–Crippen MR) is 101 cm³/mol. The topological polar surface area (TPSA) is 67.8 Å². The van der Waals surface area contributed by atoms with Crippen LogP contribution in [-0.2, 0) is 24.4 Å². The molecule has 2 aromatic rings. The molecule has 134 valence electrons. The first-order valence-corrected chi connectivity index (χ1v) is 8.40. The number of carbonyl (C=O) groups is 1. The van der Waals surface area contributed by atoms with Gasteiger partial charge in [0.15, 0.2) is 11.5 Å². The molecule has 7 heteroatoms. The molecule has 0 saturated heterocycles. The fourth-order valence-electron chi connectivity index (χ4n) is 2.82. The number of aliphatic carboxylic acids is 1. The average Bonchev–Trinajstić information content (AvgIpc) is 2.61. The summed E-state index contributed by atoms with van der Waals surface area (Å²) in [6.07, 6.45) is 0.352. The second-order valence-corrected chi connectivity index (χ2v) is 6.45. The predicted octanol–water partition coefficient (Wildman–Crippen LogP) is 3.56. The van der Waals surface area contributed by atoms with Crippen LogP contribution in [0.15, 0.2) is 40.9 Å². The number of halogens is 2. The lowest BCUT2D eigenvalue weighted by atomic mass is 9.94. The summed E-state index contributed by atoms with van der Waals surface area (Å²) in [4.78, 5) is 11.3. The Morgan fingerprint density at radius 2 is 2.04 bits per heavy atom. The normalized spacial score (nSPS) is 15.7. The molecule has 2 aromatic carbocycles. The van der Waals surface area contributed by atoms with Crippen molar-refractivity contribution in [1.82, 2.24) is 5.32 Å². The smallest absolute Gasteiger partial charge is 0.321 e. The monoisotopic (exact) mass is 427 g/mol. The van der Waals surface area contributed by atoms with Gasteiger partial charge in [-0.1, -0.05) is 46.3 Å². The quantitative estimate of drug-likeness (QED) is 0.762. The van der Waals surface area contributed by atoms with Gasteiger partial charge in [-0.15, -0.1) is 12.4 Å². The summed E-state index contributed by atoms with van der Waals surface area (Å²) in [5, 5.41) is 12.3. The van der Waals surface area contributed by atoms with Crippen LogP contribution in [0, 0.1) is 0 Å². The molecule has 1 unspecified atom stereocenters. The second-order valence-electron chi connectivity index (χ2n) is 5.60. The van der Waals surface area contributed by atoms with E-state index in [0.717, 1.165) is 21.2 Å². The molecule has 0 amide bonds. The fraction of sp³-hybridized carbons (Fsp3) is 0.278. The minimum Gasteiger partial charge on any atom is -0.493 e. The van der Waals surface area contributed by atoms with Gasteiger partial charge in [-0.05, 0) is 17.2 Å². The molecule has 1 heterocycles. The molecule has 1 atom stereocenters. The standard InChI is InChI=1S/C18H18BrNO4.ClH/c1-23-16-8-14(19)13-9-20-15(18(21)22)7-12(13)17(16)24-10-11-5-3-2-4-6-11;/h2-6,8,15,20H,7,9-10H2,1H3,(H,21,22);1H. The van der Waals surface area contributed by atoms with E-state index in [4.69, 9.17) is 9.47 Å². The lowest BCUT2D eigenvalue weighted by Gasteiger charge is -2.27. The minimum atomic E-state index is -0.867. The Bertz CT molecular complexity index is 754. The molecule has 0 spiro atoms. The zero-order valence-electron chi connectivity index (χ0n) is 13.6. The summed E-state index contributed by atoms with van der Waals surface area (Å²) >= 11 is 3.54. The lowest BCUT2D eigenvalue weighted by Crippen LogP contribution is -2.42. The van der Waals surface area contributed by atoms with Crippen molar-refractivity contribution in [3.05, 3.63) is 57.6 Å². The Kier molecular flexibility index (Phi) is 6.70. The van der Waals surface area contributed by atoms with Crippen LogP contribution in [0.2, 0.25) is 0 Å². The van der Waals surface area contributed by atoms with E-state index in [1.54, 1.807) is 7.11 Å². The van der Waals surface area contributed by atoms with Crippen molar-refractivity contribution in [2.75, 3.05) is 7.11 Å². The molecule has 0 aliphatic carbocycles. The van der Waals surface area contributed by atoms with Gasteiger partial charge < -0.3 is 14.6 Å². The molecule has 25 heavy (non-hydrogen) atoms. The van der Waals surface area contributed by atoms with Crippen molar-refractivity contribution in [2.45, 2.75) is 25.6 Å². The number of fused-ring (bicyclic) bond motifs is 1. The zero-order valence-corrected chi connectivity index (χ0v) is 16.0. The molecule has 0 fully saturated rings. The van der Waals surface area contributed by atoms with E-state index in [0.29, 0.717) is 31.1 Å². The first-order chi connectivity index (χ1) is 11.6. The van der Waals surface area contributed by atoms with Crippen LogP contribution in [0.3, 0.4) is 0 Å². The van der Waals surface area contributed by atoms with Crippen LogP contribution in [0.4, 0.5) is 0 Å². The van der Waals surface area contributed by atoms with Crippen LogP contribution < -0.4 is 14.8 Å². The molecule has 0 saturated carbocycles. The summed E-state index contributed by atoms with van der Waals surface area (Å²) in [7, 11) is 1.58. The molecular weight excluding hydrogens is 410 g/mol. The van der Waals surface area contributed by atoms with Gasteiger partial charge in [-0.3, -0.25) is 10.1 Å². The van der Waals surface area contributed by atoms with E-state index in [-0.39, 0.29) is 12.4 Å². The summed E-state index contributed by atoms with van der Waals surface area (Å²) in [6, 6.07) is 11.1. The Morgan fingerprint density at radius 1 is 1.32 bits per heavy atom. The van der Waals surface area contributed by atoms with Gasteiger partial charge in [0.25, 0.3) is 0 Å². The highest BCUT2D eigenvalue weighted by Crippen LogP contribution is 2.41. The van der Waals surface area contributed by atoms with Crippen LogP contribution in [0.5, 0.6) is 11.5 Å². The number of hydrogen-bond donors (Lipinski definition) is 2. The number of methoxy groups -OCH3 is 1. The van der Waals surface area contributed by atoms with Crippen LogP contribution >= 0.6 is 28.3 Å². The number of carboxylic acid groups (broad SMARTS) is 1. The largest absolute Gasteiger partial charge is 0.493 e. The second kappa shape index (κ2) is 8.56. The van der Waals surface area contributed by atoms with Gasteiger partial charge in [-0.2, -0.15) is 0 Å². The van der Waals surface area contributed by atoms with Crippen LogP contribution in [0.25, 0.3) is 0 Å². The Hall–Kier alpha value is -1.76. The zero-order chi connectivity index (χ0) is 17.1. The van der Waals surface area contributed by atoms with Crippen LogP contribution in [-0.4, -0.2) is 24.2 Å². The molecule has 2 N–H and O–H groups in total. The highest BCUT2D eigenvalue weighted by atomic mass is 79.9. The fourth-order valence-corrected chi connectivity index (χ4v) is 3.41. The Labute approximate surface area is 160 Å². The van der Waals surface area contributed by atoms with Crippen molar-refractivity contribution in [2.24, 2.45) is 0 Å². The Balaban J connectivity index is 0.00000225. The highest BCUT2D eigenvalue weighted by Gasteiger charge is 2.29. The van der Waals surface area contributed by atoms with Gasteiger partial charge in [0, 0.05) is 23.0 Å². The van der Waals surface area contributed by atoms with Gasteiger partial charge in [0.1, 0.15) is 12.6 Å². The number of rotatable bonds is 5. The summed E-state index contributed by atoms with van der Waals surface area (Å²) < 4.78 is 12.4. The molecule has 0 aromatic heterocycles. The van der Waals surface area contributed by atoms with E-state index in [9.17, 15) is 9.90 Å².